The van der Waals surface area contributed by atoms with Crippen LogP contribution in [-0.4, -0.2) is 44.1 Å². The molecule has 0 aliphatic heterocycles. The predicted octanol–water partition coefficient (Wildman–Crippen LogP) is 3.55. The van der Waals surface area contributed by atoms with Gasteiger partial charge in [0.25, 0.3) is 0 Å². The van der Waals surface area contributed by atoms with E-state index in [2.05, 4.69) is 0 Å². The van der Waals surface area contributed by atoms with Gasteiger partial charge in [-0.1, -0.05) is 18.2 Å². The summed E-state index contributed by atoms with van der Waals surface area (Å²) in [5, 5.41) is 10.9. The lowest BCUT2D eigenvalue weighted by molar-refractivity contribution is -0.165. The number of rotatable bonds is 7. The second-order valence-electron chi connectivity index (χ2n) is 7.34. The zero-order chi connectivity index (χ0) is 20.9. The number of hydrogen-bond donors (Lipinski definition) is 1. The summed E-state index contributed by atoms with van der Waals surface area (Å²) in [6.45, 7) is 5.27. The minimum absolute atomic E-state index is 0.503. The Morgan fingerprint density at radius 3 is 1.96 bits per heavy atom. The van der Waals surface area contributed by atoms with E-state index in [4.69, 9.17) is 18.9 Å². The first-order chi connectivity index (χ1) is 13.2. The van der Waals surface area contributed by atoms with E-state index < -0.39 is 23.6 Å². The molecule has 2 rings (SSSR count). The maximum atomic E-state index is 12.6. The number of hydrogen-bond acceptors (Lipinski definition) is 6. The lowest BCUT2D eigenvalue weighted by Gasteiger charge is -2.28. The second kappa shape index (κ2) is 8.97. The highest BCUT2D eigenvalue weighted by Gasteiger charge is 2.34. The third kappa shape index (κ3) is 5.16. The molecule has 6 nitrogen and oxygen atoms in total. The maximum absolute atomic E-state index is 12.6. The fourth-order valence-corrected chi connectivity index (χ4v) is 2.92. The van der Waals surface area contributed by atoms with E-state index in [-0.39, 0.29) is 0 Å². The Bertz CT molecular complexity index is 792. The van der Waals surface area contributed by atoms with E-state index in [1.165, 1.54) is 7.11 Å². The summed E-state index contributed by atoms with van der Waals surface area (Å²) in [6.07, 6.45) is -1.42. The Morgan fingerprint density at radius 2 is 1.46 bits per heavy atom. The first kappa shape index (κ1) is 21.6. The van der Waals surface area contributed by atoms with Crippen LogP contribution in [0.3, 0.4) is 0 Å². The van der Waals surface area contributed by atoms with Crippen molar-refractivity contribution in [3.63, 3.8) is 0 Å². The molecule has 6 heteroatoms. The number of aliphatic hydroxyl groups excluding tert-OH is 1. The summed E-state index contributed by atoms with van der Waals surface area (Å²) in [7, 11) is 4.67. The van der Waals surface area contributed by atoms with Crippen LogP contribution in [0.1, 0.15) is 37.8 Å². The summed E-state index contributed by atoms with van der Waals surface area (Å²) in [6, 6.07) is 12.4. The SMILES string of the molecule is COc1ccc([C@@H](c2ccc(OC)cc2OC)[C@H](O)C(=O)OC(C)(C)C)cc1. The van der Waals surface area contributed by atoms with Crippen molar-refractivity contribution in [2.24, 2.45) is 0 Å². The van der Waals surface area contributed by atoms with Gasteiger partial charge in [-0.3, -0.25) is 0 Å². The van der Waals surface area contributed by atoms with Crippen LogP contribution >= 0.6 is 0 Å². The Kier molecular flexibility index (Phi) is 6.91. The van der Waals surface area contributed by atoms with Crippen molar-refractivity contribution in [3.8, 4) is 17.2 Å². The number of methoxy groups -OCH3 is 3. The van der Waals surface area contributed by atoms with Gasteiger partial charge in [-0.05, 0) is 44.5 Å². The Morgan fingerprint density at radius 1 is 0.893 bits per heavy atom. The number of carbonyl (C=O) groups is 1. The predicted molar refractivity (Wildman–Crippen MR) is 106 cm³/mol. The highest BCUT2D eigenvalue weighted by atomic mass is 16.6. The fourth-order valence-electron chi connectivity index (χ4n) is 2.92. The van der Waals surface area contributed by atoms with Crippen LogP contribution in [0.2, 0.25) is 0 Å². The molecule has 0 bridgehead atoms. The Balaban J connectivity index is 2.54. The van der Waals surface area contributed by atoms with Gasteiger partial charge in [0.15, 0.2) is 6.10 Å². The summed E-state index contributed by atoms with van der Waals surface area (Å²) in [4.78, 5) is 12.6. The number of aliphatic hydroxyl groups is 1. The molecule has 0 saturated heterocycles. The van der Waals surface area contributed by atoms with Crippen molar-refractivity contribution in [1.29, 1.82) is 0 Å². The molecule has 0 radical (unpaired) electrons. The maximum Gasteiger partial charge on any atom is 0.336 e. The lowest BCUT2D eigenvalue weighted by atomic mass is 9.85. The summed E-state index contributed by atoms with van der Waals surface area (Å²) >= 11 is 0. The van der Waals surface area contributed by atoms with Crippen LogP contribution in [0.4, 0.5) is 0 Å². The van der Waals surface area contributed by atoms with Gasteiger partial charge >= 0.3 is 5.97 Å². The first-order valence-corrected chi connectivity index (χ1v) is 8.97. The van der Waals surface area contributed by atoms with Crippen LogP contribution in [0, 0.1) is 0 Å². The third-order valence-corrected chi connectivity index (χ3v) is 4.21. The molecule has 0 spiro atoms. The Labute approximate surface area is 166 Å². The van der Waals surface area contributed by atoms with Crippen LogP contribution in [0.5, 0.6) is 17.2 Å². The van der Waals surface area contributed by atoms with E-state index in [1.807, 2.05) is 0 Å². The topological polar surface area (TPSA) is 74.2 Å². The fraction of sp³-hybridized carbons (Fsp3) is 0.409. The quantitative estimate of drug-likeness (QED) is 0.731. The Hall–Kier alpha value is -2.73. The molecule has 152 valence electrons. The van der Waals surface area contributed by atoms with Gasteiger partial charge in [0.1, 0.15) is 22.8 Å². The molecule has 0 aliphatic carbocycles. The number of ether oxygens (including phenoxy) is 4. The van der Waals surface area contributed by atoms with Crippen molar-refractivity contribution >= 4 is 5.97 Å². The van der Waals surface area contributed by atoms with Gasteiger partial charge < -0.3 is 24.1 Å². The minimum atomic E-state index is -1.42. The van der Waals surface area contributed by atoms with Crippen molar-refractivity contribution < 1.29 is 28.8 Å². The van der Waals surface area contributed by atoms with Gasteiger partial charge in [-0.15, -0.1) is 0 Å². The number of esters is 1. The smallest absolute Gasteiger partial charge is 0.336 e. The zero-order valence-corrected chi connectivity index (χ0v) is 17.2. The highest BCUT2D eigenvalue weighted by molar-refractivity contribution is 5.77. The summed E-state index contributed by atoms with van der Waals surface area (Å²) in [5.74, 6) is 0.396. The van der Waals surface area contributed by atoms with Crippen molar-refractivity contribution in [3.05, 3.63) is 53.6 Å². The van der Waals surface area contributed by atoms with Gasteiger partial charge in [0.05, 0.1) is 21.3 Å². The van der Waals surface area contributed by atoms with Crippen molar-refractivity contribution in [1.82, 2.24) is 0 Å². The molecule has 0 heterocycles. The highest BCUT2D eigenvalue weighted by Crippen LogP contribution is 2.38. The van der Waals surface area contributed by atoms with E-state index in [1.54, 1.807) is 77.5 Å². The van der Waals surface area contributed by atoms with Gasteiger partial charge in [-0.25, -0.2) is 4.79 Å². The molecular weight excluding hydrogens is 360 g/mol. The van der Waals surface area contributed by atoms with Crippen molar-refractivity contribution in [2.45, 2.75) is 38.4 Å². The largest absolute Gasteiger partial charge is 0.497 e. The zero-order valence-electron chi connectivity index (χ0n) is 17.2. The molecule has 28 heavy (non-hydrogen) atoms. The molecule has 0 amide bonds. The van der Waals surface area contributed by atoms with Gasteiger partial charge in [-0.2, -0.15) is 0 Å². The number of benzene rings is 2. The minimum Gasteiger partial charge on any atom is -0.497 e. The molecule has 2 aromatic rings. The summed E-state index contributed by atoms with van der Waals surface area (Å²) in [5.41, 5.74) is 0.654. The molecular formula is C22H28O6. The van der Waals surface area contributed by atoms with E-state index in [0.29, 0.717) is 22.8 Å². The molecule has 0 aliphatic rings. The monoisotopic (exact) mass is 388 g/mol. The average molecular weight is 388 g/mol. The molecule has 1 N–H and O–H groups in total. The van der Waals surface area contributed by atoms with Gasteiger partial charge in [0, 0.05) is 17.5 Å². The lowest BCUT2D eigenvalue weighted by Crippen LogP contribution is -2.36. The van der Waals surface area contributed by atoms with E-state index in [0.717, 1.165) is 5.56 Å². The van der Waals surface area contributed by atoms with Crippen LogP contribution in [0.25, 0.3) is 0 Å². The molecule has 0 fully saturated rings. The first-order valence-electron chi connectivity index (χ1n) is 8.97. The van der Waals surface area contributed by atoms with Crippen LogP contribution in [-0.2, 0) is 9.53 Å². The molecule has 0 unspecified atom stereocenters. The van der Waals surface area contributed by atoms with Crippen LogP contribution < -0.4 is 14.2 Å². The molecule has 0 saturated carbocycles. The van der Waals surface area contributed by atoms with E-state index in [9.17, 15) is 9.90 Å². The summed E-state index contributed by atoms with van der Waals surface area (Å²) < 4.78 is 21.4. The van der Waals surface area contributed by atoms with Crippen molar-refractivity contribution in [2.75, 3.05) is 21.3 Å². The van der Waals surface area contributed by atoms with E-state index >= 15 is 0 Å². The molecule has 0 aromatic heterocycles. The molecule has 2 aromatic carbocycles. The van der Waals surface area contributed by atoms with Crippen LogP contribution in [0.15, 0.2) is 42.5 Å². The average Bonchev–Trinajstić information content (AvgIpc) is 2.67. The normalized spacial score (nSPS) is 13.4. The standard InChI is InChI=1S/C22H28O6/c1-22(2,3)28-21(24)20(23)19(14-7-9-15(25-4)10-8-14)17-12-11-16(26-5)13-18(17)27-6/h7-13,19-20,23H,1-6H3/t19-,20-/m0/s1. The second-order valence-corrected chi connectivity index (χ2v) is 7.34. The number of carbonyl (C=O) groups excluding carboxylic acids is 1. The molecule has 2 atom stereocenters. The third-order valence-electron chi connectivity index (χ3n) is 4.21. The van der Waals surface area contributed by atoms with Gasteiger partial charge in [0.2, 0.25) is 0 Å².